The van der Waals surface area contributed by atoms with E-state index in [9.17, 15) is 0 Å². The number of hydrogen-bond donors (Lipinski definition) is 0. The van der Waals surface area contributed by atoms with E-state index in [1.54, 1.807) is 0 Å². The van der Waals surface area contributed by atoms with E-state index in [1.165, 1.54) is 22.3 Å². The van der Waals surface area contributed by atoms with Crippen LogP contribution in [0.25, 0.3) is 22.2 Å². The molecule has 3 rings (SSSR count). The Morgan fingerprint density at radius 1 is 1.00 bits per heavy atom. The minimum Gasteiger partial charge on any atom is -0.208 e. The van der Waals surface area contributed by atoms with Gasteiger partial charge in [-0.2, -0.15) is 4.37 Å². The third-order valence-electron chi connectivity index (χ3n) is 2.43. The predicted octanol–water partition coefficient (Wildman–Crippen LogP) is 4.12. The number of benzene rings is 2. The van der Waals surface area contributed by atoms with E-state index in [0.717, 1.165) is 15.3 Å². The predicted molar refractivity (Wildman–Crippen MR) is 70.6 cm³/mol. The lowest BCUT2D eigenvalue weighted by Crippen LogP contribution is -1.82. The molecule has 1 heterocycles. The van der Waals surface area contributed by atoms with Gasteiger partial charge in [-0.15, -0.1) is 0 Å². The van der Waals surface area contributed by atoms with Gasteiger partial charge in [0, 0.05) is 5.56 Å². The van der Waals surface area contributed by atoms with Crippen molar-refractivity contribution in [1.29, 1.82) is 0 Å². The van der Waals surface area contributed by atoms with Crippen LogP contribution in [0.4, 0.5) is 0 Å². The molecule has 2 aromatic carbocycles. The monoisotopic (exact) mass is 290 g/mol. The van der Waals surface area contributed by atoms with Crippen LogP contribution in [0.2, 0.25) is 0 Å². The van der Waals surface area contributed by atoms with Gasteiger partial charge in [0.15, 0.2) is 9.74 Å². The maximum Gasteiger partial charge on any atom is 0.179 e. The minimum absolute atomic E-state index is 0.786. The van der Waals surface area contributed by atoms with E-state index in [2.05, 4.69) is 49.6 Å². The maximum absolute atomic E-state index is 4.36. The molecular formula is C12H7BrN2S. The van der Waals surface area contributed by atoms with Crippen LogP contribution in [0, 0.1) is 0 Å². The Balaban J connectivity index is 2.31. The third kappa shape index (κ3) is 1.64. The van der Waals surface area contributed by atoms with Gasteiger partial charge in [-0.05, 0) is 38.2 Å². The number of halogens is 1. The molecule has 0 amide bonds. The zero-order chi connectivity index (χ0) is 11.0. The Hall–Kier alpha value is -1.26. The molecule has 1 aromatic heterocycles. The molecule has 0 atom stereocenters. The summed E-state index contributed by atoms with van der Waals surface area (Å²) in [6.45, 7) is 0. The number of rotatable bonds is 1. The normalized spacial score (nSPS) is 10.8. The summed E-state index contributed by atoms with van der Waals surface area (Å²) >= 11 is 4.70. The first-order chi connectivity index (χ1) is 7.84. The molecule has 16 heavy (non-hydrogen) atoms. The van der Waals surface area contributed by atoms with E-state index >= 15 is 0 Å². The van der Waals surface area contributed by atoms with Crippen molar-refractivity contribution in [3.63, 3.8) is 0 Å². The van der Waals surface area contributed by atoms with Gasteiger partial charge in [0.05, 0.1) is 0 Å². The highest BCUT2D eigenvalue weighted by Crippen LogP contribution is 2.28. The molecule has 0 radical (unpaired) electrons. The molecule has 4 heteroatoms. The van der Waals surface area contributed by atoms with E-state index in [-0.39, 0.29) is 0 Å². The van der Waals surface area contributed by atoms with Crippen LogP contribution in [0.3, 0.4) is 0 Å². The van der Waals surface area contributed by atoms with Crippen molar-refractivity contribution in [3.8, 4) is 11.4 Å². The van der Waals surface area contributed by atoms with Crippen LogP contribution in [-0.2, 0) is 0 Å². The maximum atomic E-state index is 4.36. The number of aromatic nitrogens is 2. The summed E-state index contributed by atoms with van der Waals surface area (Å²) in [6, 6.07) is 14.5. The van der Waals surface area contributed by atoms with Gasteiger partial charge in [-0.1, -0.05) is 42.5 Å². The Morgan fingerprint density at radius 3 is 2.62 bits per heavy atom. The van der Waals surface area contributed by atoms with E-state index < -0.39 is 0 Å². The van der Waals surface area contributed by atoms with Crippen molar-refractivity contribution in [1.82, 2.24) is 9.36 Å². The van der Waals surface area contributed by atoms with Gasteiger partial charge >= 0.3 is 0 Å². The summed E-state index contributed by atoms with van der Waals surface area (Å²) in [4.78, 5) is 4.36. The van der Waals surface area contributed by atoms with Gasteiger partial charge in [0.25, 0.3) is 0 Å². The smallest absolute Gasteiger partial charge is 0.179 e. The quantitative estimate of drug-likeness (QED) is 0.674. The third-order valence-corrected chi connectivity index (χ3v) is 3.55. The van der Waals surface area contributed by atoms with Crippen LogP contribution in [0.15, 0.2) is 46.4 Å². The van der Waals surface area contributed by atoms with Crippen LogP contribution in [0.5, 0.6) is 0 Å². The first-order valence-electron chi connectivity index (χ1n) is 4.82. The molecule has 0 fully saturated rings. The van der Waals surface area contributed by atoms with Crippen molar-refractivity contribution >= 4 is 38.2 Å². The standard InChI is InChI=1S/C12H7BrN2S/c13-12-14-11(15-16-12)10-7-3-5-8-4-1-2-6-9(8)10/h1-7H. The van der Waals surface area contributed by atoms with Crippen molar-refractivity contribution in [2.24, 2.45) is 0 Å². The Bertz CT molecular complexity index is 643. The molecule has 0 saturated carbocycles. The Morgan fingerprint density at radius 2 is 1.81 bits per heavy atom. The zero-order valence-electron chi connectivity index (χ0n) is 8.22. The van der Waals surface area contributed by atoms with Crippen molar-refractivity contribution in [2.75, 3.05) is 0 Å². The van der Waals surface area contributed by atoms with Crippen molar-refractivity contribution < 1.29 is 0 Å². The number of nitrogens with zero attached hydrogens (tertiary/aromatic N) is 2. The van der Waals surface area contributed by atoms with Gasteiger partial charge < -0.3 is 0 Å². The zero-order valence-corrected chi connectivity index (χ0v) is 10.6. The fourth-order valence-electron chi connectivity index (χ4n) is 1.73. The van der Waals surface area contributed by atoms with E-state index in [4.69, 9.17) is 0 Å². The summed E-state index contributed by atoms with van der Waals surface area (Å²) in [5.74, 6) is 0.786. The second kappa shape index (κ2) is 3.96. The first-order valence-corrected chi connectivity index (χ1v) is 6.38. The lowest BCUT2D eigenvalue weighted by molar-refractivity contribution is 1.31. The first kappa shape index (κ1) is 9.93. The molecule has 0 saturated heterocycles. The van der Waals surface area contributed by atoms with Crippen LogP contribution < -0.4 is 0 Å². The summed E-state index contributed by atoms with van der Waals surface area (Å²) in [6.07, 6.45) is 0. The lowest BCUT2D eigenvalue weighted by Gasteiger charge is -2.01. The molecule has 0 spiro atoms. The fraction of sp³-hybridized carbons (Fsp3) is 0. The van der Waals surface area contributed by atoms with Crippen LogP contribution >= 0.6 is 27.5 Å². The van der Waals surface area contributed by atoms with E-state index in [0.29, 0.717) is 0 Å². The second-order valence-corrected chi connectivity index (χ2v) is 5.43. The van der Waals surface area contributed by atoms with Gasteiger partial charge in [-0.3, -0.25) is 0 Å². The Labute approximate surface area is 105 Å². The topological polar surface area (TPSA) is 25.8 Å². The van der Waals surface area contributed by atoms with Crippen molar-refractivity contribution in [3.05, 3.63) is 46.4 Å². The van der Waals surface area contributed by atoms with Crippen LogP contribution in [-0.4, -0.2) is 9.36 Å². The summed E-state index contributed by atoms with van der Waals surface area (Å²) < 4.78 is 5.14. The molecule has 78 valence electrons. The molecule has 0 aliphatic rings. The Kier molecular flexibility index (Phi) is 2.46. The average molecular weight is 291 g/mol. The SMILES string of the molecule is Brc1nc(-c2cccc3ccccc23)ns1. The van der Waals surface area contributed by atoms with Crippen LogP contribution in [0.1, 0.15) is 0 Å². The van der Waals surface area contributed by atoms with Crippen molar-refractivity contribution in [2.45, 2.75) is 0 Å². The minimum atomic E-state index is 0.786. The highest BCUT2D eigenvalue weighted by molar-refractivity contribution is 9.11. The largest absolute Gasteiger partial charge is 0.208 e. The second-order valence-electron chi connectivity index (χ2n) is 3.40. The molecular weight excluding hydrogens is 284 g/mol. The molecule has 3 aromatic rings. The highest BCUT2D eigenvalue weighted by Gasteiger charge is 2.07. The summed E-state index contributed by atoms with van der Waals surface area (Å²) in [7, 11) is 0. The molecule has 0 aliphatic carbocycles. The summed E-state index contributed by atoms with van der Waals surface area (Å²) in [5.41, 5.74) is 1.08. The van der Waals surface area contributed by atoms with Gasteiger partial charge in [0.2, 0.25) is 0 Å². The molecule has 0 aliphatic heterocycles. The molecule has 0 unspecified atom stereocenters. The highest BCUT2D eigenvalue weighted by atomic mass is 79.9. The number of fused-ring (bicyclic) bond motifs is 1. The lowest BCUT2D eigenvalue weighted by atomic mass is 10.0. The van der Waals surface area contributed by atoms with Gasteiger partial charge in [0.1, 0.15) is 0 Å². The average Bonchev–Trinajstić information content (AvgIpc) is 2.75. The molecule has 0 bridgehead atoms. The number of hydrogen-bond acceptors (Lipinski definition) is 3. The molecule has 0 N–H and O–H groups in total. The van der Waals surface area contributed by atoms with E-state index in [1.807, 2.05) is 18.2 Å². The summed E-state index contributed by atoms with van der Waals surface area (Å²) in [5, 5.41) is 2.40. The molecule has 2 nitrogen and oxygen atoms in total. The fourth-order valence-corrected chi connectivity index (χ4v) is 2.55. The van der Waals surface area contributed by atoms with Gasteiger partial charge in [-0.25, -0.2) is 4.98 Å².